The number of aliphatic hydroxyl groups excluding tert-OH is 1. The first kappa shape index (κ1) is 10.2. The molecule has 0 saturated heterocycles. The molecule has 1 nitrogen and oxygen atoms in total. The predicted octanol–water partition coefficient (Wildman–Crippen LogP) is 2.97. The second-order valence-electron chi connectivity index (χ2n) is 2.53. The molecule has 3 heteroatoms. The van der Waals surface area contributed by atoms with Crippen LogP contribution in [0.25, 0.3) is 0 Å². The number of alkyl halides is 2. The average molecular weight is 294 g/mol. The zero-order valence-corrected chi connectivity index (χ0v) is 9.73. The van der Waals surface area contributed by atoms with Gasteiger partial charge in [0.05, 0.1) is 6.61 Å². The lowest BCUT2D eigenvalue weighted by Gasteiger charge is -2.05. The molecule has 0 heterocycles. The third-order valence-corrected chi connectivity index (χ3v) is 2.99. The minimum atomic E-state index is 0.113. The fraction of sp³-hybridized carbons (Fsp3) is 0.333. The van der Waals surface area contributed by atoms with Crippen molar-refractivity contribution in [3.63, 3.8) is 0 Å². The molecule has 0 aliphatic heterocycles. The van der Waals surface area contributed by atoms with Crippen molar-refractivity contribution in [2.24, 2.45) is 0 Å². The van der Waals surface area contributed by atoms with Gasteiger partial charge < -0.3 is 5.11 Å². The lowest BCUT2D eigenvalue weighted by molar-refractivity contribution is 0.281. The Bertz CT molecular complexity index is 261. The van der Waals surface area contributed by atoms with Gasteiger partial charge in [-0.15, -0.1) is 0 Å². The maximum atomic E-state index is 9.03. The van der Waals surface area contributed by atoms with E-state index in [4.69, 9.17) is 5.11 Å². The van der Waals surface area contributed by atoms with Gasteiger partial charge in [-0.1, -0.05) is 50.1 Å². The van der Waals surface area contributed by atoms with E-state index in [-0.39, 0.29) is 6.61 Å². The van der Waals surface area contributed by atoms with Crippen LogP contribution in [0.1, 0.15) is 16.7 Å². The van der Waals surface area contributed by atoms with E-state index >= 15 is 0 Å². The quantitative estimate of drug-likeness (QED) is 0.850. The summed E-state index contributed by atoms with van der Waals surface area (Å²) in [6.07, 6.45) is 0. The van der Waals surface area contributed by atoms with E-state index in [0.717, 1.165) is 21.8 Å². The molecule has 0 spiro atoms. The second-order valence-corrected chi connectivity index (χ2v) is 3.65. The number of rotatable bonds is 3. The summed E-state index contributed by atoms with van der Waals surface area (Å²) in [5.41, 5.74) is 3.36. The summed E-state index contributed by atoms with van der Waals surface area (Å²) < 4.78 is 0. The molecule has 0 amide bonds. The smallest absolute Gasteiger partial charge is 0.0684 e. The van der Waals surface area contributed by atoms with Crippen molar-refractivity contribution in [1.29, 1.82) is 0 Å². The van der Waals surface area contributed by atoms with E-state index in [0.29, 0.717) is 0 Å². The Morgan fingerprint density at radius 2 is 1.83 bits per heavy atom. The molecule has 1 N–H and O–H groups in total. The second kappa shape index (κ2) is 5.00. The van der Waals surface area contributed by atoms with E-state index in [9.17, 15) is 0 Å². The minimum absolute atomic E-state index is 0.113. The summed E-state index contributed by atoms with van der Waals surface area (Å²) >= 11 is 6.75. The molecule has 0 unspecified atom stereocenters. The third-order valence-electron chi connectivity index (χ3n) is 1.74. The van der Waals surface area contributed by atoms with Crippen LogP contribution in [-0.4, -0.2) is 5.11 Å². The molecular formula is C9H10Br2O. The average Bonchev–Trinajstić information content (AvgIpc) is 2.16. The first-order chi connectivity index (χ1) is 5.81. The molecule has 66 valence electrons. The van der Waals surface area contributed by atoms with Crippen molar-refractivity contribution in [2.45, 2.75) is 17.3 Å². The molecule has 12 heavy (non-hydrogen) atoms. The van der Waals surface area contributed by atoms with E-state index in [1.807, 2.05) is 12.1 Å². The number of aliphatic hydroxyl groups is 1. The van der Waals surface area contributed by atoms with E-state index in [2.05, 4.69) is 37.9 Å². The Morgan fingerprint density at radius 3 is 2.33 bits per heavy atom. The topological polar surface area (TPSA) is 20.2 Å². The van der Waals surface area contributed by atoms with Crippen LogP contribution in [0.3, 0.4) is 0 Å². The first-order valence-electron chi connectivity index (χ1n) is 3.65. The molecule has 0 aliphatic carbocycles. The highest BCUT2D eigenvalue weighted by molar-refractivity contribution is 9.08. The molecule has 1 rings (SSSR count). The van der Waals surface area contributed by atoms with Crippen LogP contribution in [-0.2, 0) is 17.3 Å². The van der Waals surface area contributed by atoms with Gasteiger partial charge in [0.1, 0.15) is 0 Å². The van der Waals surface area contributed by atoms with E-state index in [1.54, 1.807) is 0 Å². The molecular weight excluding hydrogens is 284 g/mol. The number of halogens is 2. The third kappa shape index (κ3) is 2.31. The number of benzene rings is 1. The first-order valence-corrected chi connectivity index (χ1v) is 5.89. The van der Waals surface area contributed by atoms with Gasteiger partial charge in [-0.25, -0.2) is 0 Å². The van der Waals surface area contributed by atoms with E-state index in [1.165, 1.54) is 5.56 Å². The Morgan fingerprint density at radius 1 is 1.08 bits per heavy atom. The van der Waals surface area contributed by atoms with Crippen LogP contribution in [0.15, 0.2) is 18.2 Å². The Kier molecular flexibility index (Phi) is 4.26. The molecule has 0 aliphatic rings. The summed E-state index contributed by atoms with van der Waals surface area (Å²) in [5, 5.41) is 10.7. The van der Waals surface area contributed by atoms with Crippen LogP contribution in [0.5, 0.6) is 0 Å². The predicted molar refractivity (Wildman–Crippen MR) is 57.6 cm³/mol. The normalized spacial score (nSPS) is 10.2. The van der Waals surface area contributed by atoms with Crippen LogP contribution in [0, 0.1) is 0 Å². The fourth-order valence-electron chi connectivity index (χ4n) is 1.04. The van der Waals surface area contributed by atoms with Gasteiger partial charge in [-0.05, 0) is 16.7 Å². The Balaban J connectivity index is 3.02. The number of hydrogen-bond donors (Lipinski definition) is 1. The maximum Gasteiger partial charge on any atom is 0.0684 e. The van der Waals surface area contributed by atoms with Gasteiger partial charge in [0, 0.05) is 10.7 Å². The Labute approximate surface area is 89.1 Å². The SMILES string of the molecule is OCc1cc(CBr)ccc1CBr. The number of hydrogen-bond acceptors (Lipinski definition) is 1. The largest absolute Gasteiger partial charge is 0.392 e. The zero-order valence-electron chi connectivity index (χ0n) is 6.56. The molecule has 0 radical (unpaired) electrons. The molecule has 1 aromatic rings. The van der Waals surface area contributed by atoms with Gasteiger partial charge in [0.15, 0.2) is 0 Å². The van der Waals surface area contributed by atoms with Crippen LogP contribution in [0.4, 0.5) is 0 Å². The molecule has 1 aromatic carbocycles. The van der Waals surface area contributed by atoms with Gasteiger partial charge in [-0.3, -0.25) is 0 Å². The minimum Gasteiger partial charge on any atom is -0.392 e. The lowest BCUT2D eigenvalue weighted by atomic mass is 10.1. The van der Waals surface area contributed by atoms with Crippen molar-refractivity contribution >= 4 is 31.9 Å². The van der Waals surface area contributed by atoms with Crippen molar-refractivity contribution in [2.75, 3.05) is 0 Å². The zero-order chi connectivity index (χ0) is 8.97. The summed E-state index contributed by atoms with van der Waals surface area (Å²) in [6, 6.07) is 6.12. The fourth-order valence-corrected chi connectivity index (χ4v) is 1.94. The summed E-state index contributed by atoms with van der Waals surface area (Å²) in [5.74, 6) is 0. The van der Waals surface area contributed by atoms with Gasteiger partial charge in [0.2, 0.25) is 0 Å². The molecule has 0 fully saturated rings. The molecule has 0 saturated carbocycles. The monoisotopic (exact) mass is 292 g/mol. The van der Waals surface area contributed by atoms with Crippen LogP contribution < -0.4 is 0 Å². The van der Waals surface area contributed by atoms with Gasteiger partial charge in [-0.2, -0.15) is 0 Å². The van der Waals surface area contributed by atoms with Gasteiger partial charge in [0.25, 0.3) is 0 Å². The van der Waals surface area contributed by atoms with Crippen molar-refractivity contribution in [3.8, 4) is 0 Å². The highest BCUT2D eigenvalue weighted by atomic mass is 79.9. The van der Waals surface area contributed by atoms with Gasteiger partial charge >= 0.3 is 0 Å². The van der Waals surface area contributed by atoms with Crippen molar-refractivity contribution < 1.29 is 5.11 Å². The molecule has 0 atom stereocenters. The van der Waals surface area contributed by atoms with Crippen molar-refractivity contribution in [1.82, 2.24) is 0 Å². The summed E-state index contributed by atoms with van der Waals surface area (Å²) in [6.45, 7) is 0.113. The Hall–Kier alpha value is 0.140. The standard InChI is InChI=1S/C9H10Br2O/c10-4-7-1-2-8(5-11)9(3-7)6-12/h1-3,12H,4-6H2. The van der Waals surface area contributed by atoms with Crippen LogP contribution >= 0.6 is 31.9 Å². The lowest BCUT2D eigenvalue weighted by Crippen LogP contribution is -1.92. The van der Waals surface area contributed by atoms with Crippen LogP contribution in [0.2, 0.25) is 0 Å². The maximum absolute atomic E-state index is 9.03. The summed E-state index contributed by atoms with van der Waals surface area (Å²) in [4.78, 5) is 0. The van der Waals surface area contributed by atoms with E-state index < -0.39 is 0 Å². The molecule has 0 aromatic heterocycles. The highest BCUT2D eigenvalue weighted by Crippen LogP contribution is 2.16. The molecule has 0 bridgehead atoms. The summed E-state index contributed by atoms with van der Waals surface area (Å²) in [7, 11) is 0. The van der Waals surface area contributed by atoms with Crippen molar-refractivity contribution in [3.05, 3.63) is 34.9 Å². The highest BCUT2D eigenvalue weighted by Gasteiger charge is 2.00.